The maximum Gasteiger partial charge on any atom is 0.0557 e. The van der Waals surface area contributed by atoms with Crippen molar-refractivity contribution in [3.63, 3.8) is 0 Å². The molecular weight excluding hydrogens is 264 g/mol. The Hall–Kier alpha value is -1.68. The summed E-state index contributed by atoms with van der Waals surface area (Å²) in [4.78, 5) is 0. The van der Waals surface area contributed by atoms with Gasteiger partial charge >= 0.3 is 0 Å². The third kappa shape index (κ3) is 4.67. The minimum atomic E-state index is -0.0266. The number of benzene rings is 2. The summed E-state index contributed by atoms with van der Waals surface area (Å²) in [6, 6.07) is 19.7. The van der Waals surface area contributed by atoms with Crippen LogP contribution in [0.1, 0.15) is 23.0 Å². The zero-order chi connectivity index (χ0) is 14.9. The lowest BCUT2D eigenvalue weighted by Crippen LogP contribution is -2.17. The van der Waals surface area contributed by atoms with Gasteiger partial charge in [0.15, 0.2) is 0 Å². The largest absolute Gasteiger partial charge is 0.396 e. The molecule has 2 rings (SSSR count). The highest BCUT2D eigenvalue weighted by Gasteiger charge is 2.14. The highest BCUT2D eigenvalue weighted by Crippen LogP contribution is 2.18. The van der Waals surface area contributed by atoms with Crippen molar-refractivity contribution in [1.82, 2.24) is 0 Å². The van der Waals surface area contributed by atoms with Crippen LogP contribution in [0.5, 0.6) is 0 Å². The monoisotopic (exact) mass is 286 g/mol. The van der Waals surface area contributed by atoms with E-state index in [2.05, 4.69) is 0 Å². The van der Waals surface area contributed by atoms with Crippen molar-refractivity contribution in [3.8, 4) is 0 Å². The van der Waals surface area contributed by atoms with Crippen LogP contribution in [-0.4, -0.2) is 36.6 Å². The zero-order valence-corrected chi connectivity index (χ0v) is 12.1. The van der Waals surface area contributed by atoms with Crippen LogP contribution in [-0.2, 0) is 4.74 Å². The molecule has 2 atom stereocenters. The molecule has 0 aliphatic heterocycles. The van der Waals surface area contributed by atoms with Gasteiger partial charge in [0.25, 0.3) is 0 Å². The van der Waals surface area contributed by atoms with E-state index < -0.39 is 0 Å². The lowest BCUT2D eigenvalue weighted by molar-refractivity contribution is 0.0754. The quantitative estimate of drug-likeness (QED) is 0.784. The van der Waals surface area contributed by atoms with E-state index in [0.29, 0.717) is 13.2 Å². The molecular formula is C18H22O3. The van der Waals surface area contributed by atoms with Crippen molar-refractivity contribution in [3.05, 3.63) is 71.8 Å². The van der Waals surface area contributed by atoms with E-state index in [1.165, 1.54) is 0 Å². The van der Waals surface area contributed by atoms with Crippen LogP contribution in [0.3, 0.4) is 0 Å². The molecule has 3 nitrogen and oxygen atoms in total. The van der Waals surface area contributed by atoms with Gasteiger partial charge < -0.3 is 14.9 Å². The van der Waals surface area contributed by atoms with Gasteiger partial charge in [-0.1, -0.05) is 60.7 Å². The minimum Gasteiger partial charge on any atom is -0.396 e. The SMILES string of the molecule is OCC(COCC(CO)c1ccccc1)c1ccccc1. The Labute approximate surface area is 125 Å². The Balaban J connectivity index is 1.87. The van der Waals surface area contributed by atoms with Gasteiger partial charge in [-0.25, -0.2) is 0 Å². The maximum atomic E-state index is 9.49. The predicted molar refractivity (Wildman–Crippen MR) is 83.4 cm³/mol. The average molecular weight is 286 g/mol. The van der Waals surface area contributed by atoms with Gasteiger partial charge in [0.1, 0.15) is 0 Å². The summed E-state index contributed by atoms with van der Waals surface area (Å²) in [5.41, 5.74) is 2.14. The second-order valence-corrected chi connectivity index (χ2v) is 5.12. The Morgan fingerprint density at radius 2 is 1.05 bits per heavy atom. The van der Waals surface area contributed by atoms with Crippen molar-refractivity contribution in [2.45, 2.75) is 11.8 Å². The first-order valence-corrected chi connectivity index (χ1v) is 7.24. The highest BCUT2D eigenvalue weighted by molar-refractivity contribution is 5.20. The van der Waals surface area contributed by atoms with Crippen LogP contribution in [0.2, 0.25) is 0 Å². The Bertz CT molecular complexity index is 451. The third-order valence-electron chi connectivity index (χ3n) is 3.62. The molecule has 2 N–H and O–H groups in total. The van der Waals surface area contributed by atoms with Crippen molar-refractivity contribution in [2.75, 3.05) is 26.4 Å². The predicted octanol–water partition coefficient (Wildman–Crippen LogP) is 2.56. The molecule has 2 aromatic rings. The first-order valence-electron chi connectivity index (χ1n) is 7.24. The maximum absolute atomic E-state index is 9.49. The van der Waals surface area contributed by atoms with E-state index in [1.807, 2.05) is 60.7 Å². The van der Waals surface area contributed by atoms with E-state index in [9.17, 15) is 10.2 Å². The van der Waals surface area contributed by atoms with Crippen molar-refractivity contribution < 1.29 is 14.9 Å². The van der Waals surface area contributed by atoms with Crippen molar-refractivity contribution in [2.24, 2.45) is 0 Å². The molecule has 0 fully saturated rings. The zero-order valence-electron chi connectivity index (χ0n) is 12.1. The van der Waals surface area contributed by atoms with E-state index >= 15 is 0 Å². The Morgan fingerprint density at radius 3 is 1.38 bits per heavy atom. The second-order valence-electron chi connectivity index (χ2n) is 5.12. The highest BCUT2D eigenvalue weighted by atomic mass is 16.5. The van der Waals surface area contributed by atoms with Gasteiger partial charge in [0.2, 0.25) is 0 Å². The molecule has 3 heteroatoms. The van der Waals surface area contributed by atoms with Gasteiger partial charge in [0.05, 0.1) is 26.4 Å². The number of ether oxygens (including phenoxy) is 1. The van der Waals surface area contributed by atoms with E-state index in [1.54, 1.807) is 0 Å². The molecule has 0 bridgehead atoms. The number of aliphatic hydroxyl groups excluding tert-OH is 2. The molecule has 2 unspecified atom stereocenters. The fourth-order valence-corrected chi connectivity index (χ4v) is 2.31. The van der Waals surface area contributed by atoms with Crippen LogP contribution >= 0.6 is 0 Å². The number of aliphatic hydroxyl groups is 2. The van der Waals surface area contributed by atoms with Crippen LogP contribution in [0, 0.1) is 0 Å². The molecule has 0 aromatic heterocycles. The summed E-state index contributed by atoms with van der Waals surface area (Å²) in [5, 5.41) is 19.0. The topological polar surface area (TPSA) is 49.7 Å². The van der Waals surface area contributed by atoms with Crippen molar-refractivity contribution >= 4 is 0 Å². The lowest BCUT2D eigenvalue weighted by atomic mass is 10.00. The Morgan fingerprint density at radius 1 is 0.667 bits per heavy atom. The fraction of sp³-hybridized carbons (Fsp3) is 0.333. The molecule has 0 aliphatic rings. The summed E-state index contributed by atoms with van der Waals surface area (Å²) in [6.45, 7) is 1.01. The molecule has 0 saturated carbocycles. The number of hydrogen-bond donors (Lipinski definition) is 2. The van der Waals surface area contributed by atoms with Gasteiger partial charge in [-0.05, 0) is 11.1 Å². The number of hydrogen-bond acceptors (Lipinski definition) is 3. The van der Waals surface area contributed by atoms with Crippen LogP contribution < -0.4 is 0 Å². The summed E-state index contributed by atoms with van der Waals surface area (Å²) in [7, 11) is 0. The minimum absolute atomic E-state index is 0.0266. The third-order valence-corrected chi connectivity index (χ3v) is 3.62. The van der Waals surface area contributed by atoms with Gasteiger partial charge in [0, 0.05) is 11.8 Å². The molecule has 0 saturated heterocycles. The normalized spacial score (nSPS) is 13.8. The van der Waals surface area contributed by atoms with E-state index in [4.69, 9.17) is 4.74 Å². The lowest BCUT2D eigenvalue weighted by Gasteiger charge is -2.18. The average Bonchev–Trinajstić information content (AvgIpc) is 2.57. The van der Waals surface area contributed by atoms with E-state index in [0.717, 1.165) is 11.1 Å². The first-order chi connectivity index (χ1) is 10.3. The van der Waals surface area contributed by atoms with E-state index in [-0.39, 0.29) is 25.0 Å². The fourth-order valence-electron chi connectivity index (χ4n) is 2.31. The molecule has 2 aromatic carbocycles. The molecule has 0 radical (unpaired) electrons. The molecule has 0 spiro atoms. The molecule has 0 heterocycles. The van der Waals surface area contributed by atoms with Gasteiger partial charge in [-0.15, -0.1) is 0 Å². The van der Waals surface area contributed by atoms with Crippen molar-refractivity contribution in [1.29, 1.82) is 0 Å². The number of rotatable bonds is 8. The Kier molecular flexibility index (Phi) is 6.41. The van der Waals surface area contributed by atoms with Gasteiger partial charge in [-0.2, -0.15) is 0 Å². The standard InChI is InChI=1S/C18H22O3/c19-11-17(15-7-3-1-4-8-15)13-21-14-18(12-20)16-9-5-2-6-10-16/h1-10,17-20H,11-14H2. The van der Waals surface area contributed by atoms with Crippen LogP contribution in [0.15, 0.2) is 60.7 Å². The second kappa shape index (κ2) is 8.57. The molecule has 112 valence electrons. The smallest absolute Gasteiger partial charge is 0.0557 e. The van der Waals surface area contributed by atoms with Crippen LogP contribution in [0.25, 0.3) is 0 Å². The molecule has 0 amide bonds. The summed E-state index contributed by atoms with van der Waals surface area (Å²) < 4.78 is 5.73. The summed E-state index contributed by atoms with van der Waals surface area (Å²) in [6.07, 6.45) is 0. The summed E-state index contributed by atoms with van der Waals surface area (Å²) >= 11 is 0. The summed E-state index contributed by atoms with van der Waals surface area (Å²) in [5.74, 6) is -0.0531. The first kappa shape index (κ1) is 15.7. The molecule has 0 aliphatic carbocycles. The van der Waals surface area contributed by atoms with Gasteiger partial charge in [-0.3, -0.25) is 0 Å². The molecule has 21 heavy (non-hydrogen) atoms. The van der Waals surface area contributed by atoms with Crippen LogP contribution in [0.4, 0.5) is 0 Å².